The second kappa shape index (κ2) is 11.9. The van der Waals surface area contributed by atoms with E-state index in [0.717, 1.165) is 12.8 Å². The van der Waals surface area contributed by atoms with Crippen LogP contribution in [0.3, 0.4) is 0 Å². The number of ether oxygens (including phenoxy) is 1. The highest BCUT2D eigenvalue weighted by Crippen LogP contribution is 2.29. The van der Waals surface area contributed by atoms with Crippen molar-refractivity contribution in [2.45, 2.75) is 37.5 Å². The normalized spacial score (nSPS) is 20.7. The molecule has 36 heavy (non-hydrogen) atoms. The van der Waals surface area contributed by atoms with Crippen LogP contribution in [0, 0.1) is 5.92 Å². The number of carbonyl (C=O) groups is 2. The fraction of sp³-hybridized carbons (Fsp3) is 0.440. The average molecular weight is 554 g/mol. The summed E-state index contributed by atoms with van der Waals surface area (Å²) in [6, 6.07) is 11.6. The third-order valence-electron chi connectivity index (χ3n) is 6.48. The monoisotopic (exact) mass is 553 g/mol. The van der Waals surface area contributed by atoms with E-state index in [1.165, 1.54) is 4.31 Å². The zero-order chi connectivity index (χ0) is 25.7. The summed E-state index contributed by atoms with van der Waals surface area (Å²) in [5, 5.41) is 6.27. The Balaban J connectivity index is 1.40. The van der Waals surface area contributed by atoms with Crippen molar-refractivity contribution in [3.8, 4) is 0 Å². The van der Waals surface area contributed by atoms with E-state index in [2.05, 4.69) is 10.6 Å². The molecule has 194 valence electrons. The SMILES string of the molecule is O=C(NC[C@H]1CCCO1)c1ccccc1NC(=O)[C@@H]1CCCN(S(=O)(=O)Cc2c(Cl)cccc2Cl)C1. The lowest BCUT2D eigenvalue weighted by molar-refractivity contribution is -0.120. The molecule has 0 unspecified atom stereocenters. The summed E-state index contributed by atoms with van der Waals surface area (Å²) < 4.78 is 33.1. The first-order chi connectivity index (χ1) is 17.2. The smallest absolute Gasteiger partial charge is 0.253 e. The number of hydrogen-bond donors (Lipinski definition) is 2. The van der Waals surface area contributed by atoms with Crippen LogP contribution in [-0.4, -0.2) is 56.9 Å². The Labute approximate surface area is 221 Å². The highest BCUT2D eigenvalue weighted by atomic mass is 35.5. The summed E-state index contributed by atoms with van der Waals surface area (Å²) in [7, 11) is -3.75. The molecule has 2 aromatic rings. The topological polar surface area (TPSA) is 105 Å². The first kappa shape index (κ1) is 26.9. The highest BCUT2D eigenvalue weighted by molar-refractivity contribution is 7.88. The van der Waals surface area contributed by atoms with Crippen molar-refractivity contribution >= 4 is 50.7 Å². The fourth-order valence-corrected chi connectivity index (χ4v) is 6.85. The van der Waals surface area contributed by atoms with Gasteiger partial charge in [-0.1, -0.05) is 41.4 Å². The van der Waals surface area contributed by atoms with Gasteiger partial charge in [0.1, 0.15) is 0 Å². The Bertz CT molecular complexity index is 1200. The van der Waals surface area contributed by atoms with Gasteiger partial charge in [-0.2, -0.15) is 0 Å². The molecule has 2 N–H and O–H groups in total. The molecule has 2 fully saturated rings. The minimum atomic E-state index is -3.75. The van der Waals surface area contributed by atoms with Gasteiger partial charge in [0.25, 0.3) is 5.91 Å². The first-order valence-electron chi connectivity index (χ1n) is 11.9. The molecule has 8 nitrogen and oxygen atoms in total. The van der Waals surface area contributed by atoms with E-state index >= 15 is 0 Å². The molecule has 0 spiro atoms. The number of carbonyl (C=O) groups excluding carboxylic acids is 2. The molecular formula is C25H29Cl2N3O5S. The maximum absolute atomic E-state index is 13.1. The summed E-state index contributed by atoms with van der Waals surface area (Å²) in [5.74, 6) is -1.53. The second-order valence-corrected chi connectivity index (χ2v) is 11.8. The standard InChI is InChI=1S/C25H29Cl2N3O5S/c26-21-9-3-10-22(27)20(21)16-36(33,34)30-12-4-6-17(15-30)24(31)29-23-11-2-1-8-19(23)25(32)28-14-18-7-5-13-35-18/h1-3,8-11,17-18H,4-7,12-16H2,(H,28,32)(H,29,31)/t17-,18-/m1/s1. The lowest BCUT2D eigenvalue weighted by Gasteiger charge is -2.31. The van der Waals surface area contributed by atoms with E-state index in [4.69, 9.17) is 27.9 Å². The van der Waals surface area contributed by atoms with E-state index in [9.17, 15) is 18.0 Å². The Morgan fingerprint density at radius 3 is 2.50 bits per heavy atom. The van der Waals surface area contributed by atoms with Crippen molar-refractivity contribution in [3.63, 3.8) is 0 Å². The third-order valence-corrected chi connectivity index (χ3v) is 8.96. The molecule has 0 bridgehead atoms. The lowest BCUT2D eigenvalue weighted by Crippen LogP contribution is -2.44. The van der Waals surface area contributed by atoms with Crippen LogP contribution in [0.25, 0.3) is 0 Å². The predicted octanol–water partition coefficient (Wildman–Crippen LogP) is 4.08. The van der Waals surface area contributed by atoms with E-state index in [1.54, 1.807) is 42.5 Å². The van der Waals surface area contributed by atoms with Crippen molar-refractivity contribution in [2.75, 3.05) is 31.6 Å². The zero-order valence-corrected chi connectivity index (χ0v) is 22.0. The molecule has 2 aromatic carbocycles. The van der Waals surface area contributed by atoms with Crippen molar-refractivity contribution in [1.82, 2.24) is 9.62 Å². The van der Waals surface area contributed by atoms with Gasteiger partial charge in [0, 0.05) is 41.8 Å². The van der Waals surface area contributed by atoms with Gasteiger partial charge in [-0.05, 0) is 49.9 Å². The van der Waals surface area contributed by atoms with Crippen molar-refractivity contribution in [3.05, 3.63) is 63.6 Å². The number of benzene rings is 2. The number of nitrogens with one attached hydrogen (secondary N) is 2. The predicted molar refractivity (Wildman–Crippen MR) is 140 cm³/mol. The number of rotatable bonds is 8. The van der Waals surface area contributed by atoms with Crippen LogP contribution < -0.4 is 10.6 Å². The van der Waals surface area contributed by atoms with Gasteiger partial charge >= 0.3 is 0 Å². The van der Waals surface area contributed by atoms with Crippen molar-refractivity contribution < 1.29 is 22.7 Å². The maximum Gasteiger partial charge on any atom is 0.253 e. The van der Waals surface area contributed by atoms with Gasteiger partial charge < -0.3 is 15.4 Å². The van der Waals surface area contributed by atoms with E-state index in [0.29, 0.717) is 49.4 Å². The molecule has 0 aromatic heterocycles. The fourth-order valence-electron chi connectivity index (χ4n) is 4.48. The number of piperidine rings is 1. The van der Waals surface area contributed by atoms with Crippen molar-refractivity contribution in [1.29, 1.82) is 0 Å². The molecule has 0 saturated carbocycles. The molecule has 2 amide bonds. The number of hydrogen-bond acceptors (Lipinski definition) is 5. The zero-order valence-electron chi connectivity index (χ0n) is 19.7. The second-order valence-electron chi connectivity index (χ2n) is 9.03. The van der Waals surface area contributed by atoms with Crippen LogP contribution in [0.5, 0.6) is 0 Å². The van der Waals surface area contributed by atoms with Gasteiger partial charge in [-0.3, -0.25) is 9.59 Å². The Morgan fingerprint density at radius 2 is 1.78 bits per heavy atom. The Hall–Kier alpha value is -2.17. The van der Waals surface area contributed by atoms with Gasteiger partial charge in [-0.15, -0.1) is 0 Å². The van der Waals surface area contributed by atoms with E-state index in [-0.39, 0.29) is 40.3 Å². The van der Waals surface area contributed by atoms with Gasteiger partial charge in [0.05, 0.1) is 29.0 Å². The van der Waals surface area contributed by atoms with Crippen LogP contribution in [0.1, 0.15) is 41.6 Å². The van der Waals surface area contributed by atoms with Crippen LogP contribution in [0.15, 0.2) is 42.5 Å². The van der Waals surface area contributed by atoms with Crippen molar-refractivity contribution in [2.24, 2.45) is 5.92 Å². The highest BCUT2D eigenvalue weighted by Gasteiger charge is 2.33. The quantitative estimate of drug-likeness (QED) is 0.512. The molecule has 2 heterocycles. The molecule has 0 radical (unpaired) electrons. The van der Waals surface area contributed by atoms with Gasteiger partial charge in [0.15, 0.2) is 0 Å². The molecule has 2 aliphatic rings. The number of amides is 2. The van der Waals surface area contributed by atoms with Crippen LogP contribution in [-0.2, 0) is 25.3 Å². The Kier molecular flexibility index (Phi) is 8.90. The summed E-state index contributed by atoms with van der Waals surface area (Å²) in [6.45, 7) is 1.47. The van der Waals surface area contributed by atoms with E-state index in [1.807, 2.05) is 0 Å². The molecule has 4 rings (SSSR count). The summed E-state index contributed by atoms with van der Waals surface area (Å²) in [4.78, 5) is 25.9. The third kappa shape index (κ3) is 6.58. The Morgan fingerprint density at radius 1 is 1.03 bits per heavy atom. The van der Waals surface area contributed by atoms with E-state index < -0.39 is 15.9 Å². The van der Waals surface area contributed by atoms with Gasteiger partial charge in [-0.25, -0.2) is 12.7 Å². The minimum Gasteiger partial charge on any atom is -0.376 e. The lowest BCUT2D eigenvalue weighted by atomic mass is 9.98. The number of nitrogens with zero attached hydrogens (tertiary/aromatic N) is 1. The molecule has 2 aliphatic heterocycles. The molecule has 11 heteroatoms. The summed E-state index contributed by atoms with van der Waals surface area (Å²) in [5.41, 5.74) is 1.07. The van der Waals surface area contributed by atoms with Gasteiger partial charge in [0.2, 0.25) is 15.9 Å². The average Bonchev–Trinajstić information content (AvgIpc) is 3.39. The number of halogens is 2. The first-order valence-corrected chi connectivity index (χ1v) is 14.3. The maximum atomic E-state index is 13.1. The summed E-state index contributed by atoms with van der Waals surface area (Å²) in [6.07, 6.45) is 2.97. The summed E-state index contributed by atoms with van der Waals surface area (Å²) >= 11 is 12.3. The molecule has 2 saturated heterocycles. The number of sulfonamides is 1. The number of anilines is 1. The minimum absolute atomic E-state index is 0.00604. The van der Waals surface area contributed by atoms with Crippen LogP contribution in [0.2, 0.25) is 10.0 Å². The van der Waals surface area contributed by atoms with Crippen LogP contribution in [0.4, 0.5) is 5.69 Å². The number of para-hydroxylation sites is 1. The van der Waals surface area contributed by atoms with Crippen LogP contribution >= 0.6 is 23.2 Å². The molecular weight excluding hydrogens is 525 g/mol. The largest absolute Gasteiger partial charge is 0.376 e. The molecule has 2 atom stereocenters. The molecule has 0 aliphatic carbocycles.